The smallest absolute Gasteiger partial charge is 0.335 e. The SMILES string of the molecule is N#CCCS(=O)(=O)NC1CCC(C2=C(C(=O)O)C(c3ccc(F)cc3Cl)N=C(c3nccs3)N2)CC1. The molecular weight excluding hydrogens is 529 g/mol. The topological polar surface area (TPSA) is 145 Å². The maximum Gasteiger partial charge on any atom is 0.335 e. The van der Waals surface area contributed by atoms with E-state index < -0.39 is 27.9 Å². The standard InChI is InChI=1S/C23H23ClFN5O4S2/c24-17-12-14(25)4-7-16(17)20-18(23(31)32)19(28-21(29-20)22-27-9-10-35-22)13-2-5-15(6-3-13)30-36(33,34)11-1-8-26/h4,7,9-10,12-13,15,20,30H,1-3,5-6,11H2,(H,28,29)(H,31,32). The molecule has 190 valence electrons. The summed E-state index contributed by atoms with van der Waals surface area (Å²) in [5, 5.41) is 24.5. The number of aliphatic carboxylic acids is 1. The minimum absolute atomic E-state index is 0.0156. The van der Waals surface area contributed by atoms with E-state index >= 15 is 0 Å². The van der Waals surface area contributed by atoms with Crippen LogP contribution in [0.1, 0.15) is 48.7 Å². The fourth-order valence-corrected chi connectivity index (χ4v) is 6.59. The zero-order valence-electron chi connectivity index (χ0n) is 18.9. The number of aliphatic imine (C=N–C) groups is 1. The largest absolute Gasteiger partial charge is 0.478 e. The van der Waals surface area contributed by atoms with Crippen LogP contribution in [0.15, 0.2) is 46.0 Å². The molecule has 2 aliphatic rings. The highest BCUT2D eigenvalue weighted by molar-refractivity contribution is 7.89. The molecule has 0 bridgehead atoms. The number of hydrogen-bond acceptors (Lipinski definition) is 8. The Kier molecular flexibility index (Phi) is 8.04. The van der Waals surface area contributed by atoms with E-state index in [4.69, 9.17) is 16.9 Å². The van der Waals surface area contributed by atoms with E-state index in [-0.39, 0.29) is 34.7 Å². The molecule has 0 radical (unpaired) electrons. The second kappa shape index (κ2) is 11.0. The predicted molar refractivity (Wildman–Crippen MR) is 133 cm³/mol. The number of allylic oxidation sites excluding steroid dienone is 1. The van der Waals surface area contributed by atoms with Crippen molar-refractivity contribution in [1.29, 1.82) is 5.26 Å². The van der Waals surface area contributed by atoms with Gasteiger partial charge in [-0.1, -0.05) is 17.7 Å². The Morgan fingerprint density at radius 2 is 2.08 bits per heavy atom. The summed E-state index contributed by atoms with van der Waals surface area (Å²) in [6.45, 7) is 0. The lowest BCUT2D eigenvalue weighted by atomic mass is 9.80. The van der Waals surface area contributed by atoms with Crippen molar-refractivity contribution in [2.45, 2.75) is 44.2 Å². The minimum atomic E-state index is -3.57. The van der Waals surface area contributed by atoms with Gasteiger partial charge in [-0.25, -0.2) is 27.3 Å². The lowest BCUT2D eigenvalue weighted by Crippen LogP contribution is -2.42. The van der Waals surface area contributed by atoms with Crippen molar-refractivity contribution in [2.24, 2.45) is 10.9 Å². The number of aromatic nitrogens is 1. The molecule has 1 aromatic heterocycles. The van der Waals surface area contributed by atoms with Gasteiger partial charge in [-0.2, -0.15) is 5.26 Å². The normalized spacial score (nSPS) is 22.5. The first-order valence-electron chi connectivity index (χ1n) is 11.2. The molecule has 1 saturated carbocycles. The van der Waals surface area contributed by atoms with Gasteiger partial charge in [-0.3, -0.25) is 4.99 Å². The summed E-state index contributed by atoms with van der Waals surface area (Å²) in [5.41, 5.74) is 0.850. The Morgan fingerprint density at radius 3 is 2.69 bits per heavy atom. The van der Waals surface area contributed by atoms with Gasteiger partial charge in [0.05, 0.1) is 23.8 Å². The number of benzene rings is 1. The van der Waals surface area contributed by atoms with E-state index in [0.29, 0.717) is 47.8 Å². The van der Waals surface area contributed by atoms with E-state index in [9.17, 15) is 22.7 Å². The molecule has 0 spiro atoms. The van der Waals surface area contributed by atoms with Crippen LogP contribution >= 0.6 is 22.9 Å². The third-order valence-electron chi connectivity index (χ3n) is 6.16. The molecule has 13 heteroatoms. The van der Waals surface area contributed by atoms with Crippen LogP contribution in [0, 0.1) is 23.1 Å². The number of amidine groups is 1. The maximum absolute atomic E-state index is 13.7. The number of sulfonamides is 1. The number of carboxylic acids is 1. The van der Waals surface area contributed by atoms with Crippen LogP contribution in [0.2, 0.25) is 5.02 Å². The van der Waals surface area contributed by atoms with Crippen LogP contribution in [0.3, 0.4) is 0 Å². The summed E-state index contributed by atoms with van der Waals surface area (Å²) in [6.07, 6.45) is 3.58. The second-order valence-electron chi connectivity index (χ2n) is 8.53. The van der Waals surface area contributed by atoms with E-state index in [0.717, 1.165) is 6.07 Å². The number of carboxylic acid groups (broad SMARTS) is 1. The van der Waals surface area contributed by atoms with Gasteiger partial charge >= 0.3 is 5.97 Å². The highest BCUT2D eigenvalue weighted by atomic mass is 35.5. The number of thiazole rings is 1. The average molecular weight is 552 g/mol. The third kappa shape index (κ3) is 5.92. The van der Waals surface area contributed by atoms with Crippen LogP contribution < -0.4 is 10.0 Å². The van der Waals surface area contributed by atoms with Crippen molar-refractivity contribution >= 4 is 44.8 Å². The van der Waals surface area contributed by atoms with Gasteiger partial charge in [0.1, 0.15) is 11.9 Å². The summed E-state index contributed by atoms with van der Waals surface area (Å²) in [5.74, 6) is -1.78. The van der Waals surface area contributed by atoms with Crippen molar-refractivity contribution in [3.63, 3.8) is 0 Å². The van der Waals surface area contributed by atoms with Gasteiger partial charge in [-0.15, -0.1) is 11.3 Å². The van der Waals surface area contributed by atoms with Gasteiger partial charge < -0.3 is 10.4 Å². The Hall–Kier alpha value is -2.85. The summed E-state index contributed by atoms with van der Waals surface area (Å²) >= 11 is 7.65. The molecule has 1 fully saturated rings. The number of rotatable bonds is 8. The minimum Gasteiger partial charge on any atom is -0.478 e. The van der Waals surface area contributed by atoms with Gasteiger partial charge in [0.25, 0.3) is 0 Å². The van der Waals surface area contributed by atoms with Crippen LogP contribution in [-0.4, -0.2) is 42.1 Å². The van der Waals surface area contributed by atoms with Crippen molar-refractivity contribution < 1.29 is 22.7 Å². The van der Waals surface area contributed by atoms with Crippen molar-refractivity contribution in [2.75, 3.05) is 5.75 Å². The van der Waals surface area contributed by atoms with E-state index in [1.807, 2.05) is 6.07 Å². The average Bonchev–Trinajstić information content (AvgIpc) is 3.37. The molecule has 2 heterocycles. The highest BCUT2D eigenvalue weighted by Gasteiger charge is 2.37. The Bertz CT molecular complexity index is 1350. The molecule has 2 aromatic rings. The van der Waals surface area contributed by atoms with Gasteiger partial charge in [0.15, 0.2) is 10.8 Å². The van der Waals surface area contributed by atoms with E-state index in [1.54, 1.807) is 11.6 Å². The van der Waals surface area contributed by atoms with Crippen molar-refractivity contribution in [3.8, 4) is 6.07 Å². The quantitative estimate of drug-likeness (QED) is 0.453. The Balaban J connectivity index is 1.65. The number of halogens is 2. The fourth-order valence-electron chi connectivity index (χ4n) is 4.51. The summed E-state index contributed by atoms with van der Waals surface area (Å²) in [6, 6.07) is 4.33. The Morgan fingerprint density at radius 1 is 1.33 bits per heavy atom. The fraction of sp³-hybridized carbons (Fsp3) is 0.391. The molecule has 3 N–H and O–H groups in total. The third-order valence-corrected chi connectivity index (χ3v) is 8.70. The number of hydrogen-bond donors (Lipinski definition) is 3. The molecule has 1 aliphatic carbocycles. The first-order chi connectivity index (χ1) is 17.2. The molecule has 0 saturated heterocycles. The van der Waals surface area contributed by atoms with E-state index in [1.165, 1.54) is 23.5 Å². The molecule has 1 atom stereocenters. The van der Waals surface area contributed by atoms with Gasteiger partial charge in [-0.05, 0) is 43.7 Å². The lowest BCUT2D eigenvalue weighted by Gasteiger charge is -2.35. The number of nitrogens with zero attached hydrogens (tertiary/aromatic N) is 3. The molecule has 0 amide bonds. The maximum atomic E-state index is 13.7. The summed E-state index contributed by atoms with van der Waals surface area (Å²) in [4.78, 5) is 21.4. The molecular formula is C23H23ClFN5O4S2. The lowest BCUT2D eigenvalue weighted by molar-refractivity contribution is -0.133. The molecule has 36 heavy (non-hydrogen) atoms. The van der Waals surface area contributed by atoms with E-state index in [2.05, 4.69) is 20.0 Å². The molecule has 1 unspecified atom stereocenters. The number of nitriles is 1. The first kappa shape index (κ1) is 26.2. The van der Waals surface area contributed by atoms with Gasteiger partial charge in [0.2, 0.25) is 10.0 Å². The second-order valence-corrected chi connectivity index (χ2v) is 11.7. The van der Waals surface area contributed by atoms with Gasteiger partial charge in [0, 0.05) is 33.9 Å². The number of nitrogens with one attached hydrogen (secondary N) is 2. The van der Waals surface area contributed by atoms with Crippen LogP contribution in [-0.2, 0) is 14.8 Å². The summed E-state index contributed by atoms with van der Waals surface area (Å²) < 4.78 is 40.8. The molecule has 4 rings (SSSR count). The Labute approximate surface area is 216 Å². The zero-order chi connectivity index (χ0) is 25.9. The van der Waals surface area contributed by atoms with Crippen LogP contribution in [0.25, 0.3) is 0 Å². The monoisotopic (exact) mass is 551 g/mol. The summed E-state index contributed by atoms with van der Waals surface area (Å²) in [7, 11) is -3.57. The van der Waals surface area contributed by atoms with Crippen LogP contribution in [0.5, 0.6) is 0 Å². The predicted octanol–water partition coefficient (Wildman–Crippen LogP) is 3.76. The number of carbonyl (C=O) groups is 1. The van der Waals surface area contributed by atoms with Crippen LogP contribution in [0.4, 0.5) is 4.39 Å². The molecule has 9 nitrogen and oxygen atoms in total. The highest BCUT2D eigenvalue weighted by Crippen LogP contribution is 2.40. The molecule has 1 aromatic carbocycles. The van der Waals surface area contributed by atoms with Crippen molar-refractivity contribution in [3.05, 3.63) is 62.5 Å². The first-order valence-corrected chi connectivity index (χ1v) is 14.1. The van der Waals surface area contributed by atoms with Crippen molar-refractivity contribution in [1.82, 2.24) is 15.0 Å². The molecule has 1 aliphatic heterocycles. The zero-order valence-corrected chi connectivity index (χ0v) is 21.3.